The predicted molar refractivity (Wildman–Crippen MR) is 77.9 cm³/mol. The van der Waals surface area contributed by atoms with Crippen LogP contribution in [0.15, 0.2) is 22.7 Å². The van der Waals surface area contributed by atoms with Crippen molar-refractivity contribution in [3.63, 3.8) is 0 Å². The van der Waals surface area contributed by atoms with Crippen LogP contribution in [0, 0.1) is 0 Å². The second-order valence-electron chi connectivity index (χ2n) is 5.02. The molecule has 0 unspecified atom stereocenters. The van der Waals surface area contributed by atoms with Gasteiger partial charge in [-0.05, 0) is 44.1 Å². The van der Waals surface area contributed by atoms with Gasteiger partial charge in [-0.15, -0.1) is 0 Å². The molecule has 1 N–H and O–H groups in total. The topological polar surface area (TPSA) is 15.3 Å². The molecule has 20 heavy (non-hydrogen) atoms. The molecule has 112 valence electrons. The van der Waals surface area contributed by atoms with Crippen LogP contribution in [-0.4, -0.2) is 31.1 Å². The standard InChI is InChI=1S/C14H18BrF3N2/c15-11-4-5-12(14(16,17)18)13(10-11)19-6-9-20-7-2-1-3-8-20/h4-5,10,19H,1-3,6-9H2. The molecule has 0 aliphatic carbocycles. The summed E-state index contributed by atoms with van der Waals surface area (Å²) in [5.41, 5.74) is -0.469. The first-order valence-corrected chi connectivity index (χ1v) is 7.59. The first-order valence-electron chi connectivity index (χ1n) is 6.80. The lowest BCUT2D eigenvalue weighted by molar-refractivity contribution is -0.137. The summed E-state index contributed by atoms with van der Waals surface area (Å²) in [7, 11) is 0. The number of anilines is 1. The third kappa shape index (κ3) is 4.38. The summed E-state index contributed by atoms with van der Waals surface area (Å²) in [5.74, 6) is 0. The molecule has 1 aromatic rings. The highest BCUT2D eigenvalue weighted by atomic mass is 79.9. The maximum atomic E-state index is 12.9. The van der Waals surface area contributed by atoms with E-state index in [0.717, 1.165) is 25.7 Å². The van der Waals surface area contributed by atoms with E-state index in [2.05, 4.69) is 26.1 Å². The third-order valence-corrected chi connectivity index (χ3v) is 3.97. The van der Waals surface area contributed by atoms with Gasteiger partial charge in [0.2, 0.25) is 0 Å². The van der Waals surface area contributed by atoms with Gasteiger partial charge in [0.05, 0.1) is 5.56 Å². The van der Waals surface area contributed by atoms with Gasteiger partial charge in [0.25, 0.3) is 0 Å². The van der Waals surface area contributed by atoms with Crippen molar-refractivity contribution < 1.29 is 13.2 Å². The average Bonchev–Trinajstić information content (AvgIpc) is 2.38. The minimum Gasteiger partial charge on any atom is -0.383 e. The molecule has 1 saturated heterocycles. The summed E-state index contributed by atoms with van der Waals surface area (Å²) in [6, 6.07) is 4.00. The van der Waals surface area contributed by atoms with E-state index in [-0.39, 0.29) is 5.69 Å². The van der Waals surface area contributed by atoms with Crippen molar-refractivity contribution in [2.24, 2.45) is 0 Å². The number of piperidine rings is 1. The molecule has 0 atom stereocenters. The number of halogens is 4. The molecule has 0 spiro atoms. The summed E-state index contributed by atoms with van der Waals surface area (Å²) < 4.78 is 39.3. The van der Waals surface area contributed by atoms with Crippen LogP contribution in [0.4, 0.5) is 18.9 Å². The summed E-state index contributed by atoms with van der Waals surface area (Å²) in [4.78, 5) is 2.29. The number of nitrogens with one attached hydrogen (secondary N) is 1. The van der Waals surface area contributed by atoms with E-state index in [9.17, 15) is 13.2 Å². The second kappa shape index (κ2) is 6.80. The first-order chi connectivity index (χ1) is 9.47. The molecule has 0 aromatic heterocycles. The van der Waals surface area contributed by atoms with Crippen molar-refractivity contribution in [1.29, 1.82) is 0 Å². The van der Waals surface area contributed by atoms with Gasteiger partial charge in [-0.3, -0.25) is 0 Å². The van der Waals surface area contributed by atoms with Crippen LogP contribution in [0.1, 0.15) is 24.8 Å². The Morgan fingerprint density at radius 2 is 1.85 bits per heavy atom. The van der Waals surface area contributed by atoms with Crippen LogP contribution < -0.4 is 5.32 Å². The molecule has 1 aliphatic rings. The van der Waals surface area contributed by atoms with Crippen molar-refractivity contribution in [3.8, 4) is 0 Å². The molecule has 0 bridgehead atoms. The average molecular weight is 351 g/mol. The molecule has 1 aliphatic heterocycles. The monoisotopic (exact) mass is 350 g/mol. The van der Waals surface area contributed by atoms with E-state index in [1.54, 1.807) is 0 Å². The van der Waals surface area contributed by atoms with Crippen LogP contribution >= 0.6 is 15.9 Å². The zero-order valence-electron chi connectivity index (χ0n) is 11.1. The van der Waals surface area contributed by atoms with Crippen molar-refractivity contribution in [2.75, 3.05) is 31.5 Å². The van der Waals surface area contributed by atoms with Crippen LogP contribution in [0.25, 0.3) is 0 Å². The number of likely N-dealkylation sites (tertiary alicyclic amines) is 1. The van der Waals surface area contributed by atoms with Crippen molar-refractivity contribution in [3.05, 3.63) is 28.2 Å². The maximum absolute atomic E-state index is 12.9. The minimum absolute atomic E-state index is 0.142. The van der Waals surface area contributed by atoms with E-state index >= 15 is 0 Å². The van der Waals surface area contributed by atoms with E-state index in [1.807, 2.05) is 0 Å². The van der Waals surface area contributed by atoms with Gasteiger partial charge >= 0.3 is 6.18 Å². The van der Waals surface area contributed by atoms with E-state index in [4.69, 9.17) is 0 Å². The number of nitrogens with zero attached hydrogens (tertiary/aromatic N) is 1. The molecule has 0 amide bonds. The lowest BCUT2D eigenvalue weighted by Crippen LogP contribution is -2.33. The Bertz CT molecular complexity index is 443. The van der Waals surface area contributed by atoms with Gasteiger partial charge in [0.15, 0.2) is 0 Å². The zero-order chi connectivity index (χ0) is 14.6. The van der Waals surface area contributed by atoms with Gasteiger partial charge in [-0.2, -0.15) is 13.2 Å². The van der Waals surface area contributed by atoms with Crippen molar-refractivity contribution in [1.82, 2.24) is 4.90 Å². The SMILES string of the molecule is FC(F)(F)c1ccc(Br)cc1NCCN1CCCCC1. The van der Waals surface area contributed by atoms with E-state index < -0.39 is 11.7 Å². The van der Waals surface area contributed by atoms with Gasteiger partial charge < -0.3 is 10.2 Å². The Morgan fingerprint density at radius 1 is 1.15 bits per heavy atom. The van der Waals surface area contributed by atoms with Crippen LogP contribution in [0.5, 0.6) is 0 Å². The highest BCUT2D eigenvalue weighted by molar-refractivity contribution is 9.10. The van der Waals surface area contributed by atoms with Crippen LogP contribution in [0.2, 0.25) is 0 Å². The molecule has 6 heteroatoms. The molecule has 2 rings (SSSR count). The fourth-order valence-electron chi connectivity index (χ4n) is 2.44. The molecule has 1 fully saturated rings. The first kappa shape index (κ1) is 15.6. The molecule has 1 aromatic carbocycles. The van der Waals surface area contributed by atoms with E-state index in [0.29, 0.717) is 11.0 Å². The van der Waals surface area contributed by atoms with Gasteiger partial charge in [-0.25, -0.2) is 0 Å². The number of alkyl halides is 3. The summed E-state index contributed by atoms with van der Waals surface area (Å²) in [6.45, 7) is 3.40. The quantitative estimate of drug-likeness (QED) is 0.867. The molecular formula is C14H18BrF3N2. The number of hydrogen-bond donors (Lipinski definition) is 1. The normalized spacial score (nSPS) is 17.2. The molecule has 0 radical (unpaired) electrons. The third-order valence-electron chi connectivity index (χ3n) is 3.48. The fraction of sp³-hybridized carbons (Fsp3) is 0.571. The Balaban J connectivity index is 1.95. The summed E-state index contributed by atoms with van der Waals surface area (Å²) >= 11 is 3.21. The highest BCUT2D eigenvalue weighted by Gasteiger charge is 2.33. The second-order valence-corrected chi connectivity index (χ2v) is 5.93. The Kier molecular flexibility index (Phi) is 5.32. The summed E-state index contributed by atoms with van der Waals surface area (Å²) in [6.07, 6.45) is -0.697. The molecular weight excluding hydrogens is 333 g/mol. The highest BCUT2D eigenvalue weighted by Crippen LogP contribution is 2.36. The Hall–Kier alpha value is -0.750. The van der Waals surface area contributed by atoms with Gasteiger partial charge in [0, 0.05) is 23.2 Å². The van der Waals surface area contributed by atoms with Crippen molar-refractivity contribution in [2.45, 2.75) is 25.4 Å². The molecule has 2 nitrogen and oxygen atoms in total. The zero-order valence-corrected chi connectivity index (χ0v) is 12.7. The summed E-state index contributed by atoms with van der Waals surface area (Å²) in [5, 5.41) is 2.92. The molecule has 0 saturated carbocycles. The largest absolute Gasteiger partial charge is 0.418 e. The number of rotatable bonds is 4. The predicted octanol–water partition coefficient (Wildman–Crippen LogP) is 4.37. The van der Waals surface area contributed by atoms with E-state index in [1.165, 1.54) is 31.4 Å². The minimum atomic E-state index is -4.33. The van der Waals surface area contributed by atoms with Crippen LogP contribution in [-0.2, 0) is 6.18 Å². The number of benzene rings is 1. The van der Waals surface area contributed by atoms with Gasteiger partial charge in [0.1, 0.15) is 0 Å². The van der Waals surface area contributed by atoms with Gasteiger partial charge in [-0.1, -0.05) is 22.4 Å². The van der Waals surface area contributed by atoms with Crippen LogP contribution in [0.3, 0.4) is 0 Å². The lowest BCUT2D eigenvalue weighted by atomic mass is 10.1. The van der Waals surface area contributed by atoms with Crippen molar-refractivity contribution >= 4 is 21.6 Å². The smallest absolute Gasteiger partial charge is 0.383 e. The maximum Gasteiger partial charge on any atom is 0.418 e. The Morgan fingerprint density at radius 3 is 2.50 bits per heavy atom. The Labute approximate surface area is 125 Å². The lowest BCUT2D eigenvalue weighted by Gasteiger charge is -2.26. The fourth-order valence-corrected chi connectivity index (χ4v) is 2.80. The molecule has 1 heterocycles. The number of hydrogen-bond acceptors (Lipinski definition) is 2.